The molecule has 3 nitrogen and oxygen atoms in total. The summed E-state index contributed by atoms with van der Waals surface area (Å²) >= 11 is 6.12. The molecular formula is C16H12ClN3. The number of aromatic nitrogens is 3. The van der Waals surface area contributed by atoms with Crippen molar-refractivity contribution < 1.29 is 0 Å². The van der Waals surface area contributed by atoms with Gasteiger partial charge in [-0.05, 0) is 18.6 Å². The molecular weight excluding hydrogens is 270 g/mol. The second-order valence-corrected chi connectivity index (χ2v) is 4.82. The Balaban J connectivity index is 2.15. The molecule has 0 atom stereocenters. The second-order valence-electron chi connectivity index (χ2n) is 4.43. The molecule has 2 heterocycles. The van der Waals surface area contributed by atoms with Gasteiger partial charge in [-0.2, -0.15) is 0 Å². The van der Waals surface area contributed by atoms with E-state index in [4.69, 9.17) is 11.6 Å². The van der Waals surface area contributed by atoms with E-state index in [0.717, 1.165) is 22.5 Å². The van der Waals surface area contributed by atoms with Gasteiger partial charge in [0.05, 0.1) is 5.69 Å². The second kappa shape index (κ2) is 5.39. The van der Waals surface area contributed by atoms with Gasteiger partial charge >= 0.3 is 0 Å². The molecule has 3 aromatic rings. The van der Waals surface area contributed by atoms with Crippen LogP contribution in [-0.4, -0.2) is 15.0 Å². The summed E-state index contributed by atoms with van der Waals surface area (Å²) in [6.07, 6.45) is 1.73. The highest BCUT2D eigenvalue weighted by Crippen LogP contribution is 2.24. The topological polar surface area (TPSA) is 38.7 Å². The zero-order valence-corrected chi connectivity index (χ0v) is 11.7. The molecule has 0 aliphatic heterocycles. The average Bonchev–Trinajstić information content (AvgIpc) is 2.48. The lowest BCUT2D eigenvalue weighted by Gasteiger charge is -2.06. The standard InChI is InChI=1S/C16H12ClN3/c1-11-6-5-9-18-15(11)16-19-13(10-14(17)20-16)12-7-3-2-4-8-12/h2-10H,1H3. The molecule has 0 aliphatic carbocycles. The van der Waals surface area contributed by atoms with Crippen LogP contribution in [0, 0.1) is 6.92 Å². The molecule has 0 fully saturated rings. The summed E-state index contributed by atoms with van der Waals surface area (Å²) in [7, 11) is 0. The molecule has 0 saturated heterocycles. The number of rotatable bonds is 2. The average molecular weight is 282 g/mol. The maximum absolute atomic E-state index is 6.12. The van der Waals surface area contributed by atoms with Crippen LogP contribution in [0.3, 0.4) is 0 Å². The van der Waals surface area contributed by atoms with Gasteiger partial charge in [-0.1, -0.05) is 48.0 Å². The van der Waals surface area contributed by atoms with Crippen molar-refractivity contribution in [2.24, 2.45) is 0 Å². The van der Waals surface area contributed by atoms with Crippen molar-refractivity contribution in [3.63, 3.8) is 0 Å². The summed E-state index contributed by atoms with van der Waals surface area (Å²) in [5.74, 6) is 0.550. The zero-order chi connectivity index (χ0) is 13.9. The first-order valence-corrected chi connectivity index (χ1v) is 6.64. The minimum Gasteiger partial charge on any atom is -0.253 e. The maximum atomic E-state index is 6.12. The van der Waals surface area contributed by atoms with Crippen LogP contribution < -0.4 is 0 Å². The van der Waals surface area contributed by atoms with Crippen molar-refractivity contribution in [1.29, 1.82) is 0 Å². The Morgan fingerprint density at radius 2 is 1.75 bits per heavy atom. The molecule has 0 amide bonds. The van der Waals surface area contributed by atoms with Crippen LogP contribution in [0.5, 0.6) is 0 Å². The van der Waals surface area contributed by atoms with Gasteiger partial charge in [-0.15, -0.1) is 0 Å². The molecule has 0 aliphatic rings. The van der Waals surface area contributed by atoms with Crippen LogP contribution in [-0.2, 0) is 0 Å². The van der Waals surface area contributed by atoms with E-state index >= 15 is 0 Å². The smallest absolute Gasteiger partial charge is 0.180 e. The largest absolute Gasteiger partial charge is 0.253 e. The van der Waals surface area contributed by atoms with Gasteiger partial charge in [0.25, 0.3) is 0 Å². The van der Waals surface area contributed by atoms with E-state index in [9.17, 15) is 0 Å². The monoisotopic (exact) mass is 281 g/mol. The molecule has 1 aromatic carbocycles. The van der Waals surface area contributed by atoms with E-state index in [1.54, 1.807) is 12.3 Å². The van der Waals surface area contributed by atoms with Crippen molar-refractivity contribution in [2.45, 2.75) is 6.92 Å². The Morgan fingerprint density at radius 3 is 2.50 bits per heavy atom. The lowest BCUT2D eigenvalue weighted by Crippen LogP contribution is -1.96. The fourth-order valence-corrected chi connectivity index (χ4v) is 2.18. The van der Waals surface area contributed by atoms with E-state index < -0.39 is 0 Å². The molecule has 0 radical (unpaired) electrons. The molecule has 4 heteroatoms. The highest BCUT2D eigenvalue weighted by atomic mass is 35.5. The van der Waals surface area contributed by atoms with Crippen LogP contribution in [0.25, 0.3) is 22.8 Å². The minimum absolute atomic E-state index is 0.416. The van der Waals surface area contributed by atoms with Crippen molar-refractivity contribution in [3.05, 3.63) is 65.4 Å². The fourth-order valence-electron chi connectivity index (χ4n) is 2.00. The van der Waals surface area contributed by atoms with E-state index in [-0.39, 0.29) is 0 Å². The number of pyridine rings is 1. The van der Waals surface area contributed by atoms with Gasteiger partial charge in [0.1, 0.15) is 10.8 Å². The predicted octanol–water partition coefficient (Wildman–Crippen LogP) is 4.17. The van der Waals surface area contributed by atoms with Gasteiger partial charge in [0.15, 0.2) is 5.82 Å². The van der Waals surface area contributed by atoms with Crippen molar-refractivity contribution >= 4 is 11.6 Å². The molecule has 0 bridgehead atoms. The Kier molecular flexibility index (Phi) is 3.44. The quantitative estimate of drug-likeness (QED) is 0.662. The summed E-state index contributed by atoms with van der Waals surface area (Å²) in [5, 5.41) is 0.416. The normalized spacial score (nSPS) is 10.5. The number of nitrogens with zero attached hydrogens (tertiary/aromatic N) is 3. The Bertz CT molecular complexity index is 742. The summed E-state index contributed by atoms with van der Waals surface area (Å²) in [6.45, 7) is 1.98. The first-order chi connectivity index (χ1) is 9.74. The first-order valence-electron chi connectivity index (χ1n) is 6.26. The van der Waals surface area contributed by atoms with Crippen LogP contribution in [0.4, 0.5) is 0 Å². The zero-order valence-electron chi connectivity index (χ0n) is 10.9. The molecule has 0 N–H and O–H groups in total. The lowest BCUT2D eigenvalue weighted by atomic mass is 10.1. The number of benzene rings is 1. The van der Waals surface area contributed by atoms with Crippen LogP contribution in [0.15, 0.2) is 54.7 Å². The molecule has 0 unspecified atom stereocenters. The molecule has 2 aromatic heterocycles. The Morgan fingerprint density at radius 1 is 0.950 bits per heavy atom. The van der Waals surface area contributed by atoms with Crippen LogP contribution in [0.2, 0.25) is 5.15 Å². The Labute approximate surface area is 122 Å². The van der Waals surface area contributed by atoms with Gasteiger partial charge in [-0.25, -0.2) is 9.97 Å². The fraction of sp³-hybridized carbons (Fsp3) is 0.0625. The minimum atomic E-state index is 0.416. The molecule has 98 valence electrons. The van der Waals surface area contributed by atoms with Crippen LogP contribution >= 0.6 is 11.6 Å². The third-order valence-electron chi connectivity index (χ3n) is 2.99. The van der Waals surface area contributed by atoms with Crippen molar-refractivity contribution in [2.75, 3.05) is 0 Å². The molecule has 3 rings (SSSR count). The van der Waals surface area contributed by atoms with E-state index in [1.807, 2.05) is 49.4 Å². The Hall–Kier alpha value is -2.26. The highest BCUT2D eigenvalue weighted by molar-refractivity contribution is 6.29. The van der Waals surface area contributed by atoms with Crippen LogP contribution in [0.1, 0.15) is 5.56 Å². The van der Waals surface area contributed by atoms with Gasteiger partial charge in [0, 0.05) is 17.8 Å². The number of halogens is 1. The highest BCUT2D eigenvalue weighted by Gasteiger charge is 2.10. The van der Waals surface area contributed by atoms with E-state index in [2.05, 4.69) is 15.0 Å². The number of hydrogen-bond acceptors (Lipinski definition) is 3. The maximum Gasteiger partial charge on any atom is 0.180 e. The first kappa shape index (κ1) is 12.8. The SMILES string of the molecule is Cc1cccnc1-c1nc(Cl)cc(-c2ccccc2)n1. The van der Waals surface area contributed by atoms with Crippen molar-refractivity contribution in [1.82, 2.24) is 15.0 Å². The van der Waals surface area contributed by atoms with Gasteiger partial charge in [-0.3, -0.25) is 4.98 Å². The third-order valence-corrected chi connectivity index (χ3v) is 3.18. The van der Waals surface area contributed by atoms with Crippen molar-refractivity contribution in [3.8, 4) is 22.8 Å². The van der Waals surface area contributed by atoms with E-state index in [0.29, 0.717) is 11.0 Å². The third kappa shape index (κ3) is 2.53. The number of hydrogen-bond donors (Lipinski definition) is 0. The van der Waals surface area contributed by atoms with Gasteiger partial charge < -0.3 is 0 Å². The molecule has 0 spiro atoms. The predicted molar refractivity (Wildman–Crippen MR) is 80.4 cm³/mol. The van der Waals surface area contributed by atoms with E-state index in [1.165, 1.54) is 0 Å². The molecule has 0 saturated carbocycles. The summed E-state index contributed by atoms with van der Waals surface area (Å²) in [6, 6.07) is 15.5. The summed E-state index contributed by atoms with van der Waals surface area (Å²) in [5.41, 5.74) is 3.58. The summed E-state index contributed by atoms with van der Waals surface area (Å²) < 4.78 is 0. The van der Waals surface area contributed by atoms with Gasteiger partial charge in [0.2, 0.25) is 0 Å². The number of aryl methyl sites for hydroxylation is 1. The molecule has 20 heavy (non-hydrogen) atoms. The summed E-state index contributed by atoms with van der Waals surface area (Å²) in [4.78, 5) is 13.2. The lowest BCUT2D eigenvalue weighted by molar-refractivity contribution is 1.13.